The first-order valence-electron chi connectivity index (χ1n) is 26.9. The number of rotatable bonds is 9. The van der Waals surface area contributed by atoms with Crippen molar-refractivity contribution in [3.8, 4) is 11.6 Å². The Hall–Kier alpha value is -5.17. The number of alkyl carbamates (subject to hydrolysis) is 1. The van der Waals surface area contributed by atoms with E-state index in [2.05, 4.69) is 21.9 Å². The summed E-state index contributed by atoms with van der Waals surface area (Å²) in [6.07, 6.45) is 10.4. The average molecular weight is 1030 g/mol. The molecule has 5 saturated carbocycles. The van der Waals surface area contributed by atoms with E-state index in [4.69, 9.17) is 28.7 Å². The predicted octanol–water partition coefficient (Wildman–Crippen LogP) is 6.37. The molecule has 4 bridgehead atoms. The first kappa shape index (κ1) is 50.0. The molecule has 2 aromatic rings. The zero-order valence-electron chi connectivity index (χ0n) is 42.7. The second kappa shape index (κ2) is 18.6. The lowest BCUT2D eigenvalue weighted by Gasteiger charge is -2.48. The summed E-state index contributed by atoms with van der Waals surface area (Å²) in [5.74, 6) is -1.29. The summed E-state index contributed by atoms with van der Waals surface area (Å²) in [4.78, 5) is 80.2. The van der Waals surface area contributed by atoms with E-state index in [9.17, 15) is 27.6 Å². The maximum absolute atomic E-state index is 15.3. The highest BCUT2D eigenvalue weighted by Gasteiger charge is 2.72. The Morgan fingerprint density at radius 1 is 0.945 bits per heavy atom. The van der Waals surface area contributed by atoms with Crippen molar-refractivity contribution >= 4 is 50.8 Å². The highest BCUT2D eigenvalue weighted by Crippen LogP contribution is 2.73. The zero-order chi connectivity index (χ0) is 51.2. The summed E-state index contributed by atoms with van der Waals surface area (Å²) >= 11 is 0. The van der Waals surface area contributed by atoms with Crippen LogP contribution in [0.5, 0.6) is 11.6 Å². The van der Waals surface area contributed by atoms with Gasteiger partial charge < -0.3 is 39.2 Å². The third kappa shape index (κ3) is 9.62. The fraction of sp³-hybridized carbons (Fsp3) is 0.704. The maximum Gasteiger partial charge on any atom is 0.410 e. The topological polar surface area (TPSA) is 221 Å². The van der Waals surface area contributed by atoms with Crippen LogP contribution in [0.3, 0.4) is 0 Å². The van der Waals surface area contributed by atoms with E-state index in [1.54, 1.807) is 6.92 Å². The quantitative estimate of drug-likeness (QED) is 0.233. The Morgan fingerprint density at radius 3 is 2.37 bits per heavy atom. The monoisotopic (exact) mass is 1030 g/mol. The molecule has 73 heavy (non-hydrogen) atoms. The number of piperidine rings is 1. The largest absolute Gasteiger partial charge is 0.489 e. The van der Waals surface area contributed by atoms with E-state index in [1.807, 2.05) is 49.9 Å². The lowest BCUT2D eigenvalue weighted by atomic mass is 9.83. The second-order valence-electron chi connectivity index (χ2n) is 24.1. The number of pyridine rings is 1. The van der Waals surface area contributed by atoms with Crippen LogP contribution in [0, 0.1) is 23.2 Å². The van der Waals surface area contributed by atoms with Gasteiger partial charge in [-0.15, -0.1) is 6.58 Å². The average Bonchev–Trinajstić information content (AvgIpc) is 4.28. The molecule has 4 aliphatic heterocycles. The molecule has 0 radical (unpaired) electrons. The van der Waals surface area contributed by atoms with Crippen LogP contribution >= 0.6 is 0 Å². The molecule has 5 amide bonds. The van der Waals surface area contributed by atoms with E-state index in [-0.39, 0.29) is 61.1 Å². The molecular weight excluding hydrogens is 957 g/mol. The number of fused-ring (bicyclic) bond motifs is 6. The fourth-order valence-corrected chi connectivity index (χ4v) is 14.2. The number of hydrogen-bond acceptors (Lipinski definition) is 13. The Bertz CT molecular complexity index is 2670. The smallest absolute Gasteiger partial charge is 0.410 e. The van der Waals surface area contributed by atoms with Crippen LogP contribution in [-0.4, -0.2) is 131 Å². The van der Waals surface area contributed by atoms with Crippen molar-refractivity contribution in [3.05, 3.63) is 42.5 Å². The normalized spacial score (nSPS) is 34.9. The number of carbonyl (C=O) groups excluding carboxylic acids is 5. The Morgan fingerprint density at radius 2 is 1.67 bits per heavy atom. The minimum atomic E-state index is -4.04. The molecule has 1 spiro atoms. The fourth-order valence-electron chi connectivity index (χ4n) is 12.9. The third-order valence-corrected chi connectivity index (χ3v) is 19.9. The molecule has 8 fully saturated rings. The molecule has 5 heterocycles. The van der Waals surface area contributed by atoms with Crippen LogP contribution in [-0.2, 0) is 45.0 Å². The number of carbonyl (C=O) groups is 5. The van der Waals surface area contributed by atoms with E-state index in [0.717, 1.165) is 62.3 Å². The first-order valence-corrected chi connectivity index (χ1v) is 28.4. The van der Waals surface area contributed by atoms with Crippen molar-refractivity contribution in [2.45, 2.75) is 195 Å². The van der Waals surface area contributed by atoms with Crippen LogP contribution in [0.2, 0.25) is 0 Å². The van der Waals surface area contributed by atoms with Gasteiger partial charge in [0, 0.05) is 36.0 Å². The summed E-state index contributed by atoms with van der Waals surface area (Å²) in [5.41, 5.74) is -0.879. The zero-order valence-corrected chi connectivity index (χ0v) is 43.5. The number of ether oxygens (including phenoxy) is 5. The number of para-hydroxylation sites is 1. The molecule has 3 N–H and O–H groups in total. The van der Waals surface area contributed by atoms with Gasteiger partial charge in [-0.25, -0.2) is 23.0 Å². The predicted molar refractivity (Wildman–Crippen MR) is 267 cm³/mol. The van der Waals surface area contributed by atoms with Gasteiger partial charge in [0.05, 0.1) is 47.7 Å². The number of nitrogens with zero attached hydrogens (tertiary/aromatic N) is 3. The number of nitrogens with one attached hydrogen (secondary N) is 3. The van der Waals surface area contributed by atoms with Gasteiger partial charge in [-0.05, 0) is 116 Å². The molecule has 11 rings (SSSR count). The number of morpholine rings is 1. The SMILES string of the molecule is C=C[C@@H]1C[C@]1(NC(=O)[C@@H]1C[C@@H]2CN1C(=O)[C@H](C1CCCCC1)NC(=O)O[C@@H]1CC13C[C@H]3CCCCc1c(nc3ccccc3c1OC1CC3COCC(C1)N3C(=O)OC(C)(C)C)O2)C(=O)NS(=O)(=O)C1(C)CC1. The molecule has 1 aromatic carbocycles. The molecule has 18 nitrogen and oxygen atoms in total. The van der Waals surface area contributed by atoms with Gasteiger partial charge in [0.1, 0.15) is 47.3 Å². The molecule has 9 aliphatic rings. The lowest BCUT2D eigenvalue weighted by Crippen LogP contribution is -2.61. The van der Waals surface area contributed by atoms with Gasteiger partial charge in [0.15, 0.2) is 0 Å². The van der Waals surface area contributed by atoms with E-state index < -0.39 is 73.8 Å². The summed E-state index contributed by atoms with van der Waals surface area (Å²) in [6.45, 7) is 11.7. The first-order chi connectivity index (χ1) is 34.8. The molecule has 3 saturated heterocycles. The van der Waals surface area contributed by atoms with E-state index >= 15 is 4.79 Å². The van der Waals surface area contributed by atoms with Crippen molar-refractivity contribution in [2.24, 2.45) is 23.2 Å². The molecule has 396 valence electrons. The summed E-state index contributed by atoms with van der Waals surface area (Å²) in [5, 5.41) is 6.73. The Labute approximate surface area is 427 Å². The maximum atomic E-state index is 15.3. The van der Waals surface area contributed by atoms with Crippen molar-refractivity contribution in [1.82, 2.24) is 30.1 Å². The Balaban J connectivity index is 0.934. The molecule has 10 atom stereocenters. The van der Waals surface area contributed by atoms with Crippen LogP contribution in [0.15, 0.2) is 36.9 Å². The molecule has 5 aliphatic carbocycles. The highest BCUT2D eigenvalue weighted by atomic mass is 32.2. The van der Waals surface area contributed by atoms with Crippen molar-refractivity contribution in [3.63, 3.8) is 0 Å². The van der Waals surface area contributed by atoms with Crippen molar-refractivity contribution in [2.75, 3.05) is 19.8 Å². The van der Waals surface area contributed by atoms with Gasteiger partial charge in [-0.1, -0.05) is 43.9 Å². The number of aromatic nitrogens is 1. The lowest BCUT2D eigenvalue weighted by molar-refractivity contribution is -0.142. The van der Waals surface area contributed by atoms with Crippen LogP contribution < -0.4 is 24.8 Å². The van der Waals surface area contributed by atoms with Crippen LogP contribution in [0.1, 0.15) is 136 Å². The number of hydrogen-bond donors (Lipinski definition) is 3. The van der Waals surface area contributed by atoms with Gasteiger partial charge in [-0.2, -0.15) is 0 Å². The van der Waals surface area contributed by atoms with Gasteiger partial charge in [0.2, 0.25) is 27.7 Å². The minimum Gasteiger partial charge on any atom is -0.489 e. The second-order valence-corrected chi connectivity index (χ2v) is 26.3. The van der Waals surface area contributed by atoms with Gasteiger partial charge >= 0.3 is 12.2 Å². The standard InChI is InChI=1S/C54H72N6O12S/c1-6-32-26-54(32,48(63)58-73(66,67)52(5)20-21-52)57-45(61)41-24-37-28-59(41)47(62)43(31-14-8-7-9-15-31)56-49(64)71-42-27-53(42)25-33(53)16-10-11-18-39-44(38-17-12-13-19-40(38)55-46(39)70-37)69-36-22-34-29-68-30-35(23-36)60(34)50(65)72-51(2,3)4/h6,12-13,17,19,31-37,41-43H,1,7-11,14-16,18,20-30H2,2-5H3,(H,56,64)(H,57,61)(H,58,63)/t32-,33-,34?,35?,36?,37-,41+,42-,43+,53?,54-/m1/s1. The summed E-state index contributed by atoms with van der Waals surface area (Å²) < 4.78 is 60.0. The molecule has 19 heteroatoms. The van der Waals surface area contributed by atoms with Crippen molar-refractivity contribution < 1.29 is 56.1 Å². The van der Waals surface area contributed by atoms with Gasteiger partial charge in [-0.3, -0.25) is 24.0 Å². The third-order valence-electron chi connectivity index (χ3n) is 17.7. The van der Waals surface area contributed by atoms with E-state index in [1.165, 1.54) is 11.0 Å². The summed E-state index contributed by atoms with van der Waals surface area (Å²) in [6, 6.07) is 5.08. The number of benzene rings is 1. The van der Waals surface area contributed by atoms with Crippen molar-refractivity contribution in [1.29, 1.82) is 0 Å². The van der Waals surface area contributed by atoms with E-state index in [0.29, 0.717) is 81.2 Å². The molecule has 3 unspecified atom stereocenters. The highest BCUT2D eigenvalue weighted by molar-refractivity contribution is 7.91. The summed E-state index contributed by atoms with van der Waals surface area (Å²) in [7, 11) is -4.04. The van der Waals surface area contributed by atoms with Gasteiger partial charge in [0.25, 0.3) is 5.91 Å². The van der Waals surface area contributed by atoms with Crippen LogP contribution in [0.4, 0.5) is 9.59 Å². The Kier molecular flexibility index (Phi) is 12.7. The minimum absolute atomic E-state index is 0.00906. The molecule has 1 aromatic heterocycles. The van der Waals surface area contributed by atoms with Crippen LogP contribution in [0.25, 0.3) is 10.9 Å². The molecular formula is C54H72N6O12S. The number of sulfonamides is 1. The number of amides is 5.